The first-order chi connectivity index (χ1) is 20.7. The second-order valence-corrected chi connectivity index (χ2v) is 13.9. The van der Waals surface area contributed by atoms with Gasteiger partial charge in [0.25, 0.3) is 0 Å². The third kappa shape index (κ3) is 6.25. The van der Waals surface area contributed by atoms with Gasteiger partial charge in [-0.1, -0.05) is 29.3 Å². The van der Waals surface area contributed by atoms with Gasteiger partial charge in [-0.25, -0.2) is 0 Å². The number of Topliss-reactive ketones (excluding diaryl/α,β-unsaturated/α-hetero) is 1. The van der Waals surface area contributed by atoms with Crippen LogP contribution in [0, 0.1) is 25.2 Å². The van der Waals surface area contributed by atoms with E-state index in [0.717, 1.165) is 81.7 Å². The fourth-order valence-corrected chi connectivity index (χ4v) is 7.45. The summed E-state index contributed by atoms with van der Waals surface area (Å²) in [6.45, 7) is 12.7. The molecule has 3 aliphatic rings. The van der Waals surface area contributed by atoms with E-state index in [1.807, 2.05) is 26.0 Å². The van der Waals surface area contributed by atoms with Crippen LogP contribution in [-0.2, 0) is 16.6 Å². The van der Waals surface area contributed by atoms with Crippen molar-refractivity contribution in [2.75, 3.05) is 39.9 Å². The fraction of sp³-hybridized carbons (Fsp3) is 0.556. The number of carbonyl (C=O) groups is 1. The lowest BCUT2D eigenvalue weighted by Crippen LogP contribution is -2.44. The molecule has 2 N–H and O–H groups in total. The lowest BCUT2D eigenvalue weighted by atomic mass is 9.81. The number of ketones is 1. The largest absolute Gasteiger partial charge is 0.497 e. The molecular weight excluding hydrogens is 536 g/mol. The molecule has 230 valence electrons. The summed E-state index contributed by atoms with van der Waals surface area (Å²) in [5, 5.41) is 11.8. The van der Waals surface area contributed by atoms with Gasteiger partial charge in [0, 0.05) is 16.5 Å². The van der Waals surface area contributed by atoms with Crippen LogP contribution in [0.1, 0.15) is 68.2 Å². The highest BCUT2D eigenvalue weighted by molar-refractivity contribution is 5.90. The molecule has 2 bridgehead atoms. The van der Waals surface area contributed by atoms with Gasteiger partial charge in [-0.05, 0) is 128 Å². The number of H-pyrrole nitrogens is 1. The van der Waals surface area contributed by atoms with Crippen LogP contribution >= 0.6 is 0 Å². The Balaban J connectivity index is 1.17. The molecule has 0 spiro atoms. The molecule has 1 aliphatic carbocycles. The van der Waals surface area contributed by atoms with Gasteiger partial charge in [0.15, 0.2) is 5.78 Å². The quantitative estimate of drug-likeness (QED) is 0.226. The second kappa shape index (κ2) is 12.1. The average molecular weight is 585 g/mol. The van der Waals surface area contributed by atoms with Crippen LogP contribution in [0.5, 0.6) is 11.6 Å². The van der Waals surface area contributed by atoms with Crippen molar-refractivity contribution in [2.45, 2.75) is 77.7 Å². The Morgan fingerprint density at radius 1 is 1.09 bits per heavy atom. The van der Waals surface area contributed by atoms with Gasteiger partial charge < -0.3 is 14.8 Å². The number of rotatable bonds is 14. The minimum Gasteiger partial charge on any atom is -0.497 e. The number of ether oxygens (including phenoxy) is 2. The van der Waals surface area contributed by atoms with Gasteiger partial charge in [0.1, 0.15) is 12.4 Å². The zero-order valence-electron chi connectivity index (χ0n) is 26.6. The summed E-state index contributed by atoms with van der Waals surface area (Å²) in [5.74, 6) is 2.40. The number of fused-ring (bicyclic) bond motifs is 2. The van der Waals surface area contributed by atoms with Crippen molar-refractivity contribution >= 4 is 5.78 Å². The number of aromatic nitrogens is 2. The van der Waals surface area contributed by atoms with E-state index in [4.69, 9.17) is 14.6 Å². The number of hydrogen-bond donors (Lipinski definition) is 2. The zero-order chi connectivity index (χ0) is 30.2. The molecule has 6 rings (SSSR count). The van der Waals surface area contributed by atoms with Crippen molar-refractivity contribution in [2.24, 2.45) is 11.3 Å². The summed E-state index contributed by atoms with van der Waals surface area (Å²) in [6.07, 6.45) is 6.48. The van der Waals surface area contributed by atoms with Crippen molar-refractivity contribution in [1.29, 1.82) is 0 Å². The maximum atomic E-state index is 13.7. The molecule has 3 aromatic rings. The van der Waals surface area contributed by atoms with Gasteiger partial charge in [-0.2, -0.15) is 0 Å². The van der Waals surface area contributed by atoms with Gasteiger partial charge in [0.05, 0.1) is 24.3 Å². The van der Waals surface area contributed by atoms with E-state index in [1.165, 1.54) is 22.3 Å². The minimum absolute atomic E-state index is 0.0166. The summed E-state index contributed by atoms with van der Waals surface area (Å²) in [6, 6.07) is 15.0. The molecule has 1 saturated carbocycles. The predicted octanol–water partition coefficient (Wildman–Crippen LogP) is 6.02. The van der Waals surface area contributed by atoms with Crippen molar-refractivity contribution in [1.82, 2.24) is 20.4 Å². The van der Waals surface area contributed by atoms with Crippen LogP contribution in [0.4, 0.5) is 0 Å². The molecule has 0 amide bonds. The van der Waals surface area contributed by atoms with E-state index >= 15 is 0 Å². The normalized spacial score (nSPS) is 22.1. The van der Waals surface area contributed by atoms with E-state index < -0.39 is 5.41 Å². The minimum atomic E-state index is -0.579. The first kappa shape index (κ1) is 29.9. The van der Waals surface area contributed by atoms with Gasteiger partial charge in [-0.15, -0.1) is 5.10 Å². The molecule has 2 saturated heterocycles. The monoisotopic (exact) mass is 584 g/mol. The molecule has 7 heteroatoms. The van der Waals surface area contributed by atoms with Crippen LogP contribution < -0.4 is 14.8 Å². The van der Waals surface area contributed by atoms with E-state index in [9.17, 15) is 4.79 Å². The summed E-state index contributed by atoms with van der Waals surface area (Å²) >= 11 is 0. The Bertz CT molecular complexity index is 1420. The predicted molar refractivity (Wildman–Crippen MR) is 171 cm³/mol. The first-order valence-electron chi connectivity index (χ1n) is 16.1. The summed E-state index contributed by atoms with van der Waals surface area (Å²) in [7, 11) is 1.71. The summed E-state index contributed by atoms with van der Waals surface area (Å²) < 4.78 is 11.9. The van der Waals surface area contributed by atoms with E-state index in [0.29, 0.717) is 24.2 Å². The summed E-state index contributed by atoms with van der Waals surface area (Å²) in [5.41, 5.74) is 6.56. The number of aryl methyl sites for hydroxylation is 2. The van der Waals surface area contributed by atoms with Crippen molar-refractivity contribution < 1.29 is 14.3 Å². The smallest absolute Gasteiger partial charge is 0.237 e. The number of nitrogens with zero attached hydrogens (tertiary/aromatic N) is 2. The Morgan fingerprint density at radius 3 is 2.49 bits per heavy atom. The van der Waals surface area contributed by atoms with Crippen molar-refractivity contribution in [3.05, 3.63) is 64.7 Å². The first-order valence-corrected chi connectivity index (χ1v) is 16.1. The molecule has 2 aliphatic heterocycles. The van der Waals surface area contributed by atoms with Crippen LogP contribution in [-0.4, -0.2) is 66.8 Å². The maximum absolute atomic E-state index is 13.7. The Labute approximate surface area is 256 Å². The van der Waals surface area contributed by atoms with Gasteiger partial charge >= 0.3 is 0 Å². The third-order valence-electron chi connectivity index (χ3n) is 10.1. The van der Waals surface area contributed by atoms with Crippen LogP contribution in [0.15, 0.2) is 42.5 Å². The number of aromatic amines is 1. The fourth-order valence-electron chi connectivity index (χ4n) is 7.45. The number of carbonyl (C=O) groups excluding carboxylic acids is 1. The molecular formula is C36H48N4O3. The number of benzene rings is 2. The Hall–Kier alpha value is -3.16. The van der Waals surface area contributed by atoms with Crippen LogP contribution in [0.2, 0.25) is 0 Å². The molecule has 1 atom stereocenters. The Morgan fingerprint density at radius 2 is 1.84 bits per heavy atom. The lowest BCUT2D eigenvalue weighted by Gasteiger charge is -2.29. The number of methoxy groups -OCH3 is 1. The molecule has 3 fully saturated rings. The third-order valence-corrected chi connectivity index (χ3v) is 10.1. The molecule has 1 unspecified atom stereocenters. The van der Waals surface area contributed by atoms with Crippen LogP contribution in [0.25, 0.3) is 11.3 Å². The zero-order valence-corrected chi connectivity index (χ0v) is 26.6. The molecule has 7 nitrogen and oxygen atoms in total. The summed E-state index contributed by atoms with van der Waals surface area (Å²) in [4.78, 5) is 16.1. The lowest BCUT2D eigenvalue weighted by molar-refractivity contribution is -0.133. The highest BCUT2D eigenvalue weighted by Crippen LogP contribution is 2.56. The highest BCUT2D eigenvalue weighted by atomic mass is 16.5. The standard InChI is InChI=1S/C36H48N4O3/c1-24-19-25(2)21-28(20-24)31-30(36(12-13-36)14-16-37-15-9-26-7-6-8-29(22-26)42-5)34(39-38-31)43-23-35(3,4)33(41)32-27-10-17-40(32)18-11-27/h6-8,19-22,27,32,37H,9-18,23H2,1-5H3,(H,38,39). The number of nitrogens with one attached hydrogen (secondary N) is 2. The highest BCUT2D eigenvalue weighted by Gasteiger charge is 2.50. The molecule has 0 radical (unpaired) electrons. The average Bonchev–Trinajstić information content (AvgIpc) is 3.30. The second-order valence-electron chi connectivity index (χ2n) is 13.9. The van der Waals surface area contributed by atoms with E-state index in [2.05, 4.69) is 59.5 Å². The van der Waals surface area contributed by atoms with E-state index in [-0.39, 0.29) is 11.5 Å². The van der Waals surface area contributed by atoms with Crippen LogP contribution in [0.3, 0.4) is 0 Å². The molecule has 3 heterocycles. The number of piperidine rings is 1. The van der Waals surface area contributed by atoms with Crippen molar-refractivity contribution in [3.8, 4) is 22.9 Å². The van der Waals surface area contributed by atoms with Gasteiger partial charge in [-0.3, -0.25) is 14.8 Å². The topological polar surface area (TPSA) is 79.5 Å². The molecule has 1 aromatic heterocycles. The Kier molecular flexibility index (Phi) is 8.40. The molecule has 2 aromatic carbocycles. The molecule has 43 heavy (non-hydrogen) atoms. The van der Waals surface area contributed by atoms with Crippen molar-refractivity contribution in [3.63, 3.8) is 0 Å². The number of hydrogen-bond acceptors (Lipinski definition) is 6. The maximum Gasteiger partial charge on any atom is 0.237 e. The van der Waals surface area contributed by atoms with Gasteiger partial charge in [0.2, 0.25) is 5.88 Å². The SMILES string of the molecule is COc1cccc(CCNCCC2(c3c(OCC(C)(C)C(=O)C4C5CCN4CC5)n[nH]c3-c3cc(C)cc(C)c3)CC2)c1. The van der Waals surface area contributed by atoms with E-state index in [1.54, 1.807) is 7.11 Å².